The lowest BCUT2D eigenvalue weighted by Crippen LogP contribution is -2.38. The minimum Gasteiger partial charge on any atom is -0.490 e. The van der Waals surface area contributed by atoms with Gasteiger partial charge < -0.3 is 14.6 Å². The zero-order chi connectivity index (χ0) is 18.1. The summed E-state index contributed by atoms with van der Waals surface area (Å²) in [5, 5.41) is 0. The molecule has 0 bridgehead atoms. The van der Waals surface area contributed by atoms with Gasteiger partial charge in [0.2, 0.25) is 5.91 Å². The Morgan fingerprint density at radius 3 is 3.00 bits per heavy atom. The second kappa shape index (κ2) is 6.63. The lowest BCUT2D eigenvalue weighted by molar-refractivity contribution is -0.118. The second-order valence-corrected chi connectivity index (χ2v) is 6.39. The Hall–Kier alpha value is -3.15. The molecular formula is C20H19N3O3. The summed E-state index contributed by atoms with van der Waals surface area (Å²) in [6.45, 7) is 2.96. The Labute approximate surface area is 150 Å². The molecule has 1 N–H and O–H groups in total. The SMILES string of the molecule is Cc1ccc2c(c1)N(C(=O)CCc1nc3ccccc3[nH]c1=O)CCO2. The lowest BCUT2D eigenvalue weighted by atomic mass is 10.1. The molecule has 1 aliphatic rings. The molecule has 0 spiro atoms. The van der Waals surface area contributed by atoms with Gasteiger partial charge in [-0.3, -0.25) is 9.59 Å². The first-order valence-electron chi connectivity index (χ1n) is 8.63. The summed E-state index contributed by atoms with van der Waals surface area (Å²) in [5.74, 6) is 0.686. The standard InChI is InChI=1S/C20H19N3O3/c1-13-6-8-18-17(12-13)23(10-11-26-18)19(24)9-7-16-20(25)22-15-5-3-2-4-14(15)21-16/h2-6,8,12H,7,9-11H2,1H3,(H,22,25). The number of H-pyrrole nitrogens is 1. The lowest BCUT2D eigenvalue weighted by Gasteiger charge is -2.30. The first-order chi connectivity index (χ1) is 12.6. The molecule has 0 radical (unpaired) electrons. The molecule has 0 atom stereocenters. The molecule has 1 aromatic heterocycles. The number of aryl methyl sites for hydroxylation is 2. The molecule has 0 unspecified atom stereocenters. The molecule has 0 saturated heterocycles. The van der Waals surface area contributed by atoms with Crippen LogP contribution in [0.3, 0.4) is 0 Å². The molecule has 132 valence electrons. The van der Waals surface area contributed by atoms with Crippen molar-refractivity contribution in [3.63, 3.8) is 0 Å². The van der Waals surface area contributed by atoms with Crippen LogP contribution in [-0.4, -0.2) is 29.0 Å². The third kappa shape index (κ3) is 3.06. The van der Waals surface area contributed by atoms with Crippen LogP contribution in [0.25, 0.3) is 11.0 Å². The van der Waals surface area contributed by atoms with Gasteiger partial charge in [0.1, 0.15) is 18.1 Å². The number of nitrogens with zero attached hydrogens (tertiary/aromatic N) is 2. The zero-order valence-corrected chi connectivity index (χ0v) is 14.5. The fourth-order valence-electron chi connectivity index (χ4n) is 3.18. The van der Waals surface area contributed by atoms with Gasteiger partial charge >= 0.3 is 0 Å². The number of nitrogens with one attached hydrogen (secondary N) is 1. The van der Waals surface area contributed by atoms with Crippen molar-refractivity contribution in [3.05, 3.63) is 64.1 Å². The molecule has 4 rings (SSSR count). The maximum Gasteiger partial charge on any atom is 0.270 e. The Morgan fingerprint density at radius 1 is 1.27 bits per heavy atom. The number of hydrogen-bond acceptors (Lipinski definition) is 4. The summed E-state index contributed by atoms with van der Waals surface area (Å²) in [4.78, 5) is 33.9. The molecule has 0 saturated carbocycles. The van der Waals surface area contributed by atoms with Gasteiger partial charge in [0.15, 0.2) is 0 Å². The number of amides is 1. The highest BCUT2D eigenvalue weighted by molar-refractivity contribution is 5.95. The van der Waals surface area contributed by atoms with Crippen molar-refractivity contribution in [3.8, 4) is 5.75 Å². The molecule has 0 fully saturated rings. The van der Waals surface area contributed by atoms with E-state index in [1.54, 1.807) is 4.90 Å². The van der Waals surface area contributed by atoms with Crippen molar-refractivity contribution in [2.45, 2.75) is 19.8 Å². The Bertz CT molecular complexity index is 1040. The normalized spacial score (nSPS) is 13.3. The topological polar surface area (TPSA) is 75.3 Å². The Kier molecular flexibility index (Phi) is 4.16. The van der Waals surface area contributed by atoms with Crippen LogP contribution >= 0.6 is 0 Å². The van der Waals surface area contributed by atoms with Gasteiger partial charge in [-0.05, 0) is 36.8 Å². The van der Waals surface area contributed by atoms with Crippen LogP contribution < -0.4 is 15.2 Å². The number of aromatic nitrogens is 2. The van der Waals surface area contributed by atoms with E-state index in [4.69, 9.17) is 4.74 Å². The predicted molar refractivity (Wildman–Crippen MR) is 99.7 cm³/mol. The van der Waals surface area contributed by atoms with E-state index >= 15 is 0 Å². The Balaban J connectivity index is 1.54. The van der Waals surface area contributed by atoms with E-state index in [0.717, 1.165) is 22.5 Å². The summed E-state index contributed by atoms with van der Waals surface area (Å²) < 4.78 is 5.63. The van der Waals surface area contributed by atoms with E-state index < -0.39 is 0 Å². The number of carbonyl (C=O) groups excluding carboxylic acids is 1. The fraction of sp³-hybridized carbons (Fsp3) is 0.250. The first kappa shape index (κ1) is 16.3. The van der Waals surface area contributed by atoms with Gasteiger partial charge in [0.25, 0.3) is 5.56 Å². The van der Waals surface area contributed by atoms with Gasteiger partial charge in [-0.25, -0.2) is 4.98 Å². The molecular weight excluding hydrogens is 330 g/mol. The van der Waals surface area contributed by atoms with Gasteiger partial charge in [0, 0.05) is 12.8 Å². The van der Waals surface area contributed by atoms with Crippen molar-refractivity contribution in [1.29, 1.82) is 0 Å². The van der Waals surface area contributed by atoms with Gasteiger partial charge in [-0.15, -0.1) is 0 Å². The quantitative estimate of drug-likeness (QED) is 0.789. The second-order valence-electron chi connectivity index (χ2n) is 6.39. The molecule has 6 nitrogen and oxygen atoms in total. The number of fused-ring (bicyclic) bond motifs is 2. The van der Waals surface area contributed by atoms with E-state index in [2.05, 4.69) is 9.97 Å². The van der Waals surface area contributed by atoms with Gasteiger partial charge in [0.05, 0.1) is 23.3 Å². The number of benzene rings is 2. The summed E-state index contributed by atoms with van der Waals surface area (Å²) in [7, 11) is 0. The number of aromatic amines is 1. The summed E-state index contributed by atoms with van der Waals surface area (Å²) in [6.07, 6.45) is 0.527. The maximum atomic E-state index is 12.8. The number of para-hydroxylation sites is 2. The summed E-state index contributed by atoms with van der Waals surface area (Å²) >= 11 is 0. The predicted octanol–water partition coefficient (Wildman–Crippen LogP) is 2.59. The molecule has 2 heterocycles. The number of carbonyl (C=O) groups is 1. The monoisotopic (exact) mass is 349 g/mol. The zero-order valence-electron chi connectivity index (χ0n) is 14.5. The molecule has 0 aliphatic carbocycles. The highest BCUT2D eigenvalue weighted by Gasteiger charge is 2.23. The van der Waals surface area contributed by atoms with Crippen molar-refractivity contribution in [2.75, 3.05) is 18.1 Å². The third-order valence-corrected chi connectivity index (χ3v) is 4.52. The van der Waals surface area contributed by atoms with E-state index in [9.17, 15) is 9.59 Å². The van der Waals surface area contributed by atoms with E-state index in [1.807, 2.05) is 49.4 Å². The maximum absolute atomic E-state index is 12.8. The molecule has 6 heteroatoms. The Morgan fingerprint density at radius 2 is 2.12 bits per heavy atom. The number of rotatable bonds is 3. The van der Waals surface area contributed by atoms with Crippen molar-refractivity contribution in [2.24, 2.45) is 0 Å². The van der Waals surface area contributed by atoms with Crippen molar-refractivity contribution < 1.29 is 9.53 Å². The molecule has 1 aliphatic heterocycles. The van der Waals surface area contributed by atoms with E-state index in [1.165, 1.54) is 0 Å². The van der Waals surface area contributed by atoms with E-state index in [-0.39, 0.29) is 17.9 Å². The number of hydrogen-bond donors (Lipinski definition) is 1. The highest BCUT2D eigenvalue weighted by atomic mass is 16.5. The van der Waals surface area contributed by atoms with Crippen LogP contribution in [0.4, 0.5) is 5.69 Å². The largest absolute Gasteiger partial charge is 0.490 e. The van der Waals surface area contributed by atoms with Gasteiger partial charge in [-0.2, -0.15) is 0 Å². The van der Waals surface area contributed by atoms with E-state index in [0.29, 0.717) is 30.8 Å². The summed E-state index contributed by atoms with van der Waals surface area (Å²) in [5.41, 5.74) is 3.43. The molecule has 26 heavy (non-hydrogen) atoms. The molecule has 3 aromatic rings. The van der Waals surface area contributed by atoms with Gasteiger partial charge in [-0.1, -0.05) is 18.2 Å². The average molecular weight is 349 g/mol. The van der Waals surface area contributed by atoms with Crippen LogP contribution in [0.5, 0.6) is 5.75 Å². The fourth-order valence-corrected chi connectivity index (χ4v) is 3.18. The van der Waals surface area contributed by atoms with Crippen LogP contribution in [0, 0.1) is 6.92 Å². The molecule has 1 amide bonds. The molecule has 2 aromatic carbocycles. The van der Waals surface area contributed by atoms with Crippen LogP contribution in [0.1, 0.15) is 17.7 Å². The minimum absolute atomic E-state index is 0.0329. The van der Waals surface area contributed by atoms with Crippen LogP contribution in [-0.2, 0) is 11.2 Å². The third-order valence-electron chi connectivity index (χ3n) is 4.52. The van der Waals surface area contributed by atoms with Crippen LogP contribution in [0.2, 0.25) is 0 Å². The first-order valence-corrected chi connectivity index (χ1v) is 8.63. The number of ether oxygens (including phenoxy) is 1. The van der Waals surface area contributed by atoms with Crippen molar-refractivity contribution in [1.82, 2.24) is 9.97 Å². The summed E-state index contributed by atoms with van der Waals surface area (Å²) in [6, 6.07) is 13.2. The minimum atomic E-state index is -0.241. The van der Waals surface area contributed by atoms with Crippen LogP contribution in [0.15, 0.2) is 47.3 Å². The highest BCUT2D eigenvalue weighted by Crippen LogP contribution is 2.32. The number of anilines is 1. The smallest absolute Gasteiger partial charge is 0.270 e. The van der Waals surface area contributed by atoms with Crippen molar-refractivity contribution >= 4 is 22.6 Å². The average Bonchev–Trinajstić information content (AvgIpc) is 2.65.